The van der Waals surface area contributed by atoms with E-state index in [9.17, 15) is 23.5 Å². The van der Waals surface area contributed by atoms with Gasteiger partial charge >= 0.3 is 12.1 Å². The number of carboxylic acid groups (broad SMARTS) is 1. The van der Waals surface area contributed by atoms with Crippen molar-refractivity contribution in [2.75, 3.05) is 19.1 Å². The van der Waals surface area contributed by atoms with Gasteiger partial charge in [-0.15, -0.1) is 0 Å². The van der Waals surface area contributed by atoms with Crippen molar-refractivity contribution in [1.29, 1.82) is 0 Å². The van der Waals surface area contributed by atoms with Crippen LogP contribution in [0.25, 0.3) is 11.0 Å². The van der Waals surface area contributed by atoms with E-state index in [1.807, 2.05) is 19.1 Å². The molecule has 1 unspecified atom stereocenters. The molecule has 1 aliphatic heterocycles. The number of hydrogen-bond donors (Lipinski definition) is 1. The molecule has 8 nitrogen and oxygen atoms in total. The molecule has 10 heteroatoms. The number of benzene rings is 2. The summed E-state index contributed by atoms with van der Waals surface area (Å²) in [5.41, 5.74) is 3.35. The van der Waals surface area contributed by atoms with E-state index in [1.165, 1.54) is 26.4 Å². The fraction of sp³-hybridized carbons (Fsp3) is 0.464. The van der Waals surface area contributed by atoms with Gasteiger partial charge in [0, 0.05) is 24.1 Å². The first-order chi connectivity index (χ1) is 18.2. The molecule has 2 aromatic carbocycles. The van der Waals surface area contributed by atoms with Crippen LogP contribution in [0, 0.1) is 17.6 Å². The lowest BCUT2D eigenvalue weighted by Crippen LogP contribution is -2.42. The van der Waals surface area contributed by atoms with Crippen LogP contribution in [0.15, 0.2) is 24.3 Å². The molecule has 202 valence electrons. The SMILES string of the molecule is COC(=O)N1c2ccc3c(nc(Cc4ccc(OC)c(F)c4F)n3C3CCC(C(=O)O)CC3)c2CCC1C. The first-order valence-corrected chi connectivity index (χ1v) is 12.9. The van der Waals surface area contributed by atoms with Crippen LogP contribution in [-0.2, 0) is 22.4 Å². The molecule has 38 heavy (non-hydrogen) atoms. The number of carbonyl (C=O) groups is 2. The van der Waals surface area contributed by atoms with Crippen LogP contribution < -0.4 is 9.64 Å². The molecule has 5 rings (SSSR count). The second-order valence-corrected chi connectivity index (χ2v) is 10.1. The highest BCUT2D eigenvalue weighted by atomic mass is 19.2. The Morgan fingerprint density at radius 3 is 2.45 bits per heavy atom. The number of aromatic nitrogens is 2. The highest BCUT2D eigenvalue weighted by Crippen LogP contribution is 2.41. The lowest BCUT2D eigenvalue weighted by atomic mass is 9.85. The molecule has 1 aromatic heterocycles. The Bertz CT molecular complexity index is 1400. The Morgan fingerprint density at radius 2 is 1.79 bits per heavy atom. The molecule has 0 spiro atoms. The van der Waals surface area contributed by atoms with Crippen molar-refractivity contribution < 1.29 is 33.0 Å². The minimum absolute atomic E-state index is 0.0333. The van der Waals surface area contributed by atoms with Crippen LogP contribution >= 0.6 is 0 Å². The highest BCUT2D eigenvalue weighted by Gasteiger charge is 2.34. The number of anilines is 1. The molecule has 2 aliphatic rings. The average molecular weight is 528 g/mol. The van der Waals surface area contributed by atoms with E-state index in [-0.39, 0.29) is 35.7 Å². The van der Waals surface area contributed by atoms with Crippen LogP contribution in [0.3, 0.4) is 0 Å². The fourth-order valence-corrected chi connectivity index (χ4v) is 5.97. The summed E-state index contributed by atoms with van der Waals surface area (Å²) in [6.45, 7) is 1.97. The molecule has 1 N–H and O–H groups in total. The number of carbonyl (C=O) groups excluding carboxylic acids is 1. The number of ether oxygens (including phenoxy) is 2. The van der Waals surface area contributed by atoms with E-state index < -0.39 is 23.7 Å². The van der Waals surface area contributed by atoms with Crippen LogP contribution in [0.1, 0.15) is 62.0 Å². The van der Waals surface area contributed by atoms with Crippen LogP contribution in [-0.4, -0.2) is 47.0 Å². The van der Waals surface area contributed by atoms with Gasteiger partial charge in [-0.1, -0.05) is 6.07 Å². The lowest BCUT2D eigenvalue weighted by molar-refractivity contribution is -0.143. The smallest absolute Gasteiger partial charge is 0.414 e. The summed E-state index contributed by atoms with van der Waals surface area (Å²) in [7, 11) is 2.64. The van der Waals surface area contributed by atoms with Gasteiger partial charge in [0.05, 0.1) is 36.9 Å². The van der Waals surface area contributed by atoms with Crippen molar-refractivity contribution in [2.24, 2.45) is 5.92 Å². The maximum atomic E-state index is 15.0. The number of imidazole rings is 1. The second kappa shape index (κ2) is 10.2. The van der Waals surface area contributed by atoms with Gasteiger partial charge in [0.15, 0.2) is 11.6 Å². The van der Waals surface area contributed by atoms with Gasteiger partial charge in [-0.3, -0.25) is 9.69 Å². The lowest BCUT2D eigenvalue weighted by Gasteiger charge is -2.34. The zero-order valence-electron chi connectivity index (χ0n) is 21.7. The predicted octanol–water partition coefficient (Wildman–Crippen LogP) is 5.64. The van der Waals surface area contributed by atoms with Gasteiger partial charge < -0.3 is 19.1 Å². The third-order valence-electron chi connectivity index (χ3n) is 8.01. The Labute approximate surface area is 219 Å². The third-order valence-corrected chi connectivity index (χ3v) is 8.01. The number of halogens is 2. The zero-order chi connectivity index (χ0) is 27.1. The van der Waals surface area contributed by atoms with Gasteiger partial charge in [0.1, 0.15) is 5.82 Å². The van der Waals surface area contributed by atoms with E-state index in [4.69, 9.17) is 14.5 Å². The zero-order valence-corrected chi connectivity index (χ0v) is 21.7. The number of hydrogen-bond acceptors (Lipinski definition) is 5. The minimum atomic E-state index is -1.05. The molecule has 0 saturated heterocycles. The maximum absolute atomic E-state index is 15.0. The molecule has 3 aromatic rings. The van der Waals surface area contributed by atoms with Crippen molar-refractivity contribution in [3.63, 3.8) is 0 Å². The van der Waals surface area contributed by atoms with E-state index in [0.29, 0.717) is 43.4 Å². The topological polar surface area (TPSA) is 93.9 Å². The fourth-order valence-electron chi connectivity index (χ4n) is 5.97. The minimum Gasteiger partial charge on any atom is -0.494 e. The van der Waals surface area contributed by atoms with E-state index in [2.05, 4.69) is 4.57 Å². The van der Waals surface area contributed by atoms with Crippen molar-refractivity contribution in [3.8, 4) is 5.75 Å². The third kappa shape index (κ3) is 4.35. The number of nitrogens with zero attached hydrogens (tertiary/aromatic N) is 3. The van der Waals surface area contributed by atoms with Crippen molar-refractivity contribution in [1.82, 2.24) is 9.55 Å². The average Bonchev–Trinajstić information content (AvgIpc) is 3.29. The van der Waals surface area contributed by atoms with Crippen molar-refractivity contribution in [2.45, 2.75) is 64.0 Å². The molecular formula is C28H31F2N3O5. The molecule has 1 atom stereocenters. The van der Waals surface area contributed by atoms with Crippen molar-refractivity contribution in [3.05, 3.63) is 52.9 Å². The molecule has 0 bridgehead atoms. The largest absolute Gasteiger partial charge is 0.494 e. The van der Waals surface area contributed by atoms with Gasteiger partial charge in [-0.25, -0.2) is 14.2 Å². The number of aryl methyl sites for hydroxylation is 1. The van der Waals surface area contributed by atoms with Crippen LogP contribution in [0.2, 0.25) is 0 Å². The second-order valence-electron chi connectivity index (χ2n) is 10.1. The van der Waals surface area contributed by atoms with Crippen LogP contribution in [0.5, 0.6) is 5.75 Å². The van der Waals surface area contributed by atoms with Crippen molar-refractivity contribution >= 4 is 28.8 Å². The number of carboxylic acids is 1. The first-order valence-electron chi connectivity index (χ1n) is 12.9. The maximum Gasteiger partial charge on any atom is 0.414 e. The monoisotopic (exact) mass is 527 g/mol. The molecule has 1 aliphatic carbocycles. The quantitative estimate of drug-likeness (QED) is 0.462. The molecule has 1 fully saturated rings. The molecule has 0 radical (unpaired) electrons. The molecule has 1 saturated carbocycles. The summed E-state index contributed by atoms with van der Waals surface area (Å²) in [6.07, 6.45) is 3.37. The summed E-state index contributed by atoms with van der Waals surface area (Å²) in [6, 6.07) is 6.62. The van der Waals surface area contributed by atoms with E-state index in [1.54, 1.807) is 4.90 Å². The van der Waals surface area contributed by atoms with Gasteiger partial charge in [-0.05, 0) is 69.2 Å². The van der Waals surface area contributed by atoms with Gasteiger partial charge in [-0.2, -0.15) is 4.39 Å². The number of fused-ring (bicyclic) bond motifs is 3. The standard InChI is InChI=1S/C28H31F2N3O5/c1-15-4-10-19-20(32(15)28(36)38-3)11-12-21-26(19)31-23(14-17-7-13-22(37-2)25(30)24(17)29)33(21)18-8-5-16(6-9-18)27(34)35/h7,11-13,15-16,18H,4-6,8-10,14H2,1-3H3,(H,34,35). The summed E-state index contributed by atoms with van der Waals surface area (Å²) >= 11 is 0. The first kappa shape index (κ1) is 25.9. The summed E-state index contributed by atoms with van der Waals surface area (Å²) in [5.74, 6) is -2.81. The molecule has 1 amide bonds. The van der Waals surface area contributed by atoms with Gasteiger partial charge in [0.2, 0.25) is 5.82 Å². The molecule has 2 heterocycles. The Morgan fingerprint density at radius 1 is 1.05 bits per heavy atom. The Kier molecular flexibility index (Phi) is 6.98. The number of methoxy groups -OCH3 is 2. The number of rotatable bonds is 5. The number of aliphatic carboxylic acids is 1. The van der Waals surface area contributed by atoms with E-state index >= 15 is 0 Å². The predicted molar refractivity (Wildman–Crippen MR) is 137 cm³/mol. The summed E-state index contributed by atoms with van der Waals surface area (Å²) in [4.78, 5) is 30.7. The van der Waals surface area contributed by atoms with Crippen LogP contribution in [0.4, 0.5) is 19.3 Å². The van der Waals surface area contributed by atoms with E-state index in [0.717, 1.165) is 23.2 Å². The Hall–Kier alpha value is -3.69. The Balaban J connectivity index is 1.63. The highest BCUT2D eigenvalue weighted by molar-refractivity contribution is 5.95. The molecular weight excluding hydrogens is 496 g/mol. The number of amides is 1. The normalized spacial score (nSPS) is 21.3. The van der Waals surface area contributed by atoms with Gasteiger partial charge in [0.25, 0.3) is 0 Å². The summed E-state index contributed by atoms with van der Waals surface area (Å²) in [5, 5.41) is 9.47. The summed E-state index contributed by atoms with van der Waals surface area (Å²) < 4.78 is 41.5.